The van der Waals surface area contributed by atoms with Crippen molar-refractivity contribution in [3.8, 4) is 0 Å². The quantitative estimate of drug-likeness (QED) is 0.256. The number of rotatable bonds is 6. The average molecular weight is 744 g/mol. The molecule has 18 heteroatoms. The first kappa shape index (κ1) is 38.5. The Morgan fingerprint density at radius 3 is 2.38 bits per heavy atom. The predicted molar refractivity (Wildman–Crippen MR) is 182 cm³/mol. The smallest absolute Gasteiger partial charge is 0.417 e. The van der Waals surface area contributed by atoms with Crippen LogP contribution in [0.1, 0.15) is 70.4 Å². The number of carbonyl (C=O) groups excluding carboxylic acids is 6. The number of nitrogens with zero attached hydrogens (tertiary/aromatic N) is 2. The maximum absolute atomic E-state index is 14.3. The minimum Gasteiger partial charge on any atom is -0.480 e. The molecule has 0 radical (unpaired) electrons. The molecule has 0 bridgehead atoms. The second-order valence-corrected chi connectivity index (χ2v) is 13.2. The maximum atomic E-state index is 14.3. The van der Waals surface area contributed by atoms with Gasteiger partial charge in [-0.3, -0.25) is 28.9 Å². The summed E-state index contributed by atoms with van der Waals surface area (Å²) in [6, 6.07) is 3.34. The number of anilines is 1. The van der Waals surface area contributed by atoms with E-state index < -0.39 is 77.0 Å². The summed E-state index contributed by atoms with van der Waals surface area (Å²) in [5, 5.41) is 22.7. The van der Waals surface area contributed by atoms with Crippen LogP contribution in [0.15, 0.2) is 42.5 Å². The molecule has 0 unspecified atom stereocenters. The number of halogens is 3. The highest BCUT2D eigenvalue weighted by atomic mass is 19.4. The van der Waals surface area contributed by atoms with Crippen LogP contribution in [0, 0.1) is 6.92 Å². The number of fused-ring (bicyclic) bond motifs is 1. The van der Waals surface area contributed by atoms with Gasteiger partial charge >= 0.3 is 18.2 Å². The molecule has 3 saturated heterocycles. The monoisotopic (exact) mass is 743 g/mol. The Hall–Kier alpha value is -5.68. The van der Waals surface area contributed by atoms with Crippen molar-refractivity contribution in [3.63, 3.8) is 0 Å². The average Bonchev–Trinajstić information content (AvgIpc) is 3.74. The van der Waals surface area contributed by atoms with E-state index in [1.165, 1.54) is 11.0 Å². The van der Waals surface area contributed by atoms with Gasteiger partial charge in [-0.1, -0.05) is 18.2 Å². The molecule has 3 aliphatic heterocycles. The van der Waals surface area contributed by atoms with Crippen LogP contribution in [0.25, 0.3) is 0 Å². The Morgan fingerprint density at radius 1 is 0.925 bits per heavy atom. The van der Waals surface area contributed by atoms with Gasteiger partial charge in [0, 0.05) is 49.9 Å². The van der Waals surface area contributed by atoms with Crippen molar-refractivity contribution in [1.82, 2.24) is 31.5 Å². The molecule has 2 aromatic carbocycles. The lowest BCUT2D eigenvalue weighted by molar-refractivity contribution is -0.144. The van der Waals surface area contributed by atoms with Crippen LogP contribution in [0.2, 0.25) is 0 Å². The van der Waals surface area contributed by atoms with Crippen LogP contribution in [0.3, 0.4) is 0 Å². The molecule has 2 aromatic rings. The zero-order valence-electron chi connectivity index (χ0n) is 28.8. The highest BCUT2D eigenvalue weighted by molar-refractivity contribution is 6.01. The molecular formula is C35H40F3N7O8. The second-order valence-electron chi connectivity index (χ2n) is 13.2. The lowest BCUT2D eigenvalue weighted by Crippen LogP contribution is -2.55. The molecule has 6 N–H and O–H groups in total. The van der Waals surface area contributed by atoms with Crippen LogP contribution in [0.5, 0.6) is 0 Å². The van der Waals surface area contributed by atoms with Crippen molar-refractivity contribution in [2.24, 2.45) is 0 Å². The summed E-state index contributed by atoms with van der Waals surface area (Å²) in [6.07, 6.45) is -5.07. The van der Waals surface area contributed by atoms with Gasteiger partial charge in [-0.25, -0.2) is 9.59 Å². The zero-order valence-corrected chi connectivity index (χ0v) is 28.8. The number of urea groups is 1. The fourth-order valence-electron chi connectivity index (χ4n) is 6.66. The lowest BCUT2D eigenvalue weighted by Gasteiger charge is -2.29. The second kappa shape index (κ2) is 16.3. The molecule has 15 nitrogen and oxygen atoms in total. The summed E-state index contributed by atoms with van der Waals surface area (Å²) in [4.78, 5) is 94.2. The Balaban J connectivity index is 1.43. The fraction of sp³-hybridized carbons (Fsp3) is 0.457. The van der Waals surface area contributed by atoms with Gasteiger partial charge in [0.2, 0.25) is 17.7 Å². The van der Waals surface area contributed by atoms with Crippen LogP contribution in [0.4, 0.5) is 23.7 Å². The standard InChI is InChI=1S/C35H40F3N7O8/c1-19-9-10-20(16-26(19)44-15-14-40-34(44)53)29(47)41-21-17-27-31(49)43-25(33(51)52)11-12-28(46)39-13-5-4-8-24(32(50)45(27)18-21)42-30(48)22-6-2-3-7-23(22)35(36,37)38/h2-3,6-7,9-10,16,21,24-25,27H,4-5,8,11-15,17-18H2,1H3,(H,39,46)(H,40,53)(H,41,47)(H,42,48)(H,43,49)(H,51,52)/t21-,24+,25+,27+/m1/s1. The summed E-state index contributed by atoms with van der Waals surface area (Å²) < 4.78 is 41.4. The first-order valence-corrected chi connectivity index (χ1v) is 17.2. The molecule has 3 fully saturated rings. The molecule has 4 atom stereocenters. The van der Waals surface area contributed by atoms with Crippen LogP contribution >= 0.6 is 0 Å². The molecule has 0 saturated carbocycles. The van der Waals surface area contributed by atoms with Gasteiger partial charge in [0.15, 0.2) is 0 Å². The number of carboxylic acids is 1. The van der Waals surface area contributed by atoms with Gasteiger partial charge in [0.1, 0.15) is 18.1 Å². The van der Waals surface area contributed by atoms with Crippen molar-refractivity contribution in [2.45, 2.75) is 75.8 Å². The molecule has 0 aromatic heterocycles. The first-order valence-electron chi connectivity index (χ1n) is 17.2. The van der Waals surface area contributed by atoms with E-state index in [0.29, 0.717) is 25.2 Å². The highest BCUT2D eigenvalue weighted by Crippen LogP contribution is 2.32. The number of hydrogen-bond acceptors (Lipinski definition) is 7. The first-order chi connectivity index (χ1) is 25.1. The van der Waals surface area contributed by atoms with Gasteiger partial charge in [-0.2, -0.15) is 13.2 Å². The van der Waals surface area contributed by atoms with Crippen molar-refractivity contribution < 1.29 is 51.8 Å². The minimum absolute atomic E-state index is 0.0789. The van der Waals surface area contributed by atoms with E-state index in [1.807, 2.05) is 0 Å². The van der Waals surface area contributed by atoms with Gasteiger partial charge in [0.05, 0.1) is 11.1 Å². The third-order valence-electron chi connectivity index (χ3n) is 9.44. The summed E-state index contributed by atoms with van der Waals surface area (Å²) in [7, 11) is 0. The predicted octanol–water partition coefficient (Wildman–Crippen LogP) is 1.69. The van der Waals surface area contributed by atoms with Gasteiger partial charge in [-0.15, -0.1) is 0 Å². The van der Waals surface area contributed by atoms with Crippen molar-refractivity contribution in [3.05, 3.63) is 64.7 Å². The number of amides is 7. The van der Waals surface area contributed by atoms with Gasteiger partial charge in [0.25, 0.3) is 11.8 Å². The fourth-order valence-corrected chi connectivity index (χ4v) is 6.66. The Kier molecular flexibility index (Phi) is 11.9. The van der Waals surface area contributed by atoms with Gasteiger partial charge < -0.3 is 36.6 Å². The van der Waals surface area contributed by atoms with E-state index >= 15 is 0 Å². The number of carboxylic acid groups (broad SMARTS) is 1. The largest absolute Gasteiger partial charge is 0.480 e. The molecule has 0 spiro atoms. The molecule has 0 aliphatic carbocycles. The Bertz CT molecular complexity index is 1790. The SMILES string of the molecule is Cc1ccc(C(=O)N[C@@H]2C[C@H]3C(=O)N[C@H](C(=O)O)CCC(=O)NCCCC[C@H](NC(=O)c4ccccc4C(F)(F)F)C(=O)N3C2)cc1N1CCNC1=O. The minimum atomic E-state index is -4.87. The molecule has 3 aliphatic rings. The lowest BCUT2D eigenvalue weighted by atomic mass is 10.0. The van der Waals surface area contributed by atoms with E-state index in [9.17, 15) is 51.8 Å². The molecule has 7 amide bonds. The molecule has 53 heavy (non-hydrogen) atoms. The van der Waals surface area contributed by atoms with E-state index in [4.69, 9.17) is 0 Å². The molecule has 284 valence electrons. The number of alkyl halides is 3. The Morgan fingerprint density at radius 2 is 1.68 bits per heavy atom. The van der Waals surface area contributed by atoms with E-state index in [0.717, 1.165) is 28.7 Å². The number of aliphatic carboxylic acids is 1. The summed E-state index contributed by atoms with van der Waals surface area (Å²) >= 11 is 0. The summed E-state index contributed by atoms with van der Waals surface area (Å²) in [5.41, 5.74) is -0.493. The molecular weight excluding hydrogens is 703 g/mol. The van der Waals surface area contributed by atoms with E-state index in [1.54, 1.807) is 25.1 Å². The number of aryl methyl sites for hydroxylation is 1. The third-order valence-corrected chi connectivity index (χ3v) is 9.44. The zero-order chi connectivity index (χ0) is 38.4. The van der Waals surface area contributed by atoms with E-state index in [2.05, 4.69) is 26.6 Å². The number of nitrogens with one attached hydrogen (secondary N) is 5. The number of carbonyl (C=O) groups is 7. The normalized spacial score (nSPS) is 23.2. The van der Waals surface area contributed by atoms with Crippen molar-refractivity contribution in [2.75, 3.05) is 31.1 Å². The highest BCUT2D eigenvalue weighted by Gasteiger charge is 2.44. The number of hydrogen-bond donors (Lipinski definition) is 6. The van der Waals surface area contributed by atoms with Crippen molar-refractivity contribution >= 4 is 47.2 Å². The number of benzene rings is 2. The van der Waals surface area contributed by atoms with E-state index in [-0.39, 0.29) is 56.8 Å². The molecule has 3 heterocycles. The van der Waals surface area contributed by atoms with Crippen molar-refractivity contribution in [1.29, 1.82) is 0 Å². The maximum Gasteiger partial charge on any atom is 0.417 e. The summed E-state index contributed by atoms with van der Waals surface area (Å²) in [5.74, 6) is -5.40. The van der Waals surface area contributed by atoms with Crippen LogP contribution in [-0.4, -0.2) is 102 Å². The third kappa shape index (κ3) is 9.22. The van der Waals surface area contributed by atoms with Crippen LogP contribution < -0.4 is 31.5 Å². The summed E-state index contributed by atoms with van der Waals surface area (Å²) in [6.45, 7) is 2.47. The molecule has 5 rings (SSSR count). The Labute approximate surface area is 302 Å². The van der Waals surface area contributed by atoms with Gasteiger partial charge in [-0.05, 0) is 68.9 Å². The topological polar surface area (TPSA) is 206 Å². The van der Waals surface area contributed by atoms with Crippen LogP contribution in [-0.2, 0) is 25.4 Å².